The minimum absolute atomic E-state index is 0.0394. The molecule has 170 valence electrons. The van der Waals surface area contributed by atoms with Crippen LogP contribution in [0.5, 0.6) is 0 Å². The number of fused-ring (bicyclic) bond motifs is 3. The third-order valence-corrected chi connectivity index (χ3v) is 8.32. The maximum absolute atomic E-state index is 13.8. The van der Waals surface area contributed by atoms with Crippen molar-refractivity contribution in [1.82, 2.24) is 19.9 Å². The van der Waals surface area contributed by atoms with Crippen molar-refractivity contribution >= 4 is 22.9 Å². The van der Waals surface area contributed by atoms with E-state index >= 15 is 0 Å². The van der Waals surface area contributed by atoms with Gasteiger partial charge in [-0.2, -0.15) is 18.3 Å². The Morgan fingerprint density at radius 2 is 2.12 bits per heavy atom. The molecule has 9 heteroatoms. The Labute approximate surface area is 188 Å². The molecule has 0 aliphatic heterocycles. The molecule has 3 aromatic rings. The Bertz CT molecular complexity index is 1170. The topological polar surface area (TPSA) is 59.3 Å². The molecule has 2 saturated carbocycles. The predicted octanol–water partition coefficient (Wildman–Crippen LogP) is 5.59. The summed E-state index contributed by atoms with van der Waals surface area (Å²) in [6, 6.07) is 4.63. The van der Waals surface area contributed by atoms with Gasteiger partial charge in [0.25, 0.3) is 5.91 Å². The molecule has 1 N–H and O–H groups in total. The van der Waals surface area contributed by atoms with Gasteiger partial charge in [0.15, 0.2) is 11.3 Å². The van der Waals surface area contributed by atoms with Crippen LogP contribution in [0, 0.1) is 17.8 Å². The van der Waals surface area contributed by atoms with Crippen LogP contribution in [0.3, 0.4) is 0 Å². The van der Waals surface area contributed by atoms with Crippen LogP contribution in [0.2, 0.25) is 0 Å². The Morgan fingerprint density at radius 1 is 1.31 bits per heavy atom. The molecule has 3 aromatic heterocycles. The van der Waals surface area contributed by atoms with Gasteiger partial charge >= 0.3 is 6.18 Å². The third kappa shape index (κ3) is 3.70. The van der Waals surface area contributed by atoms with Gasteiger partial charge in [0.05, 0.1) is 16.8 Å². The monoisotopic (exact) mass is 462 g/mol. The van der Waals surface area contributed by atoms with E-state index < -0.39 is 17.8 Å². The summed E-state index contributed by atoms with van der Waals surface area (Å²) in [6.07, 6.45) is 2.16. The first-order valence-electron chi connectivity index (χ1n) is 11.1. The summed E-state index contributed by atoms with van der Waals surface area (Å²) in [5, 5.41) is 6.90. The second kappa shape index (κ2) is 7.86. The number of nitrogens with zero attached hydrogens (tertiary/aromatic N) is 3. The maximum atomic E-state index is 13.8. The number of alkyl halides is 3. The lowest BCUT2D eigenvalue weighted by molar-refractivity contribution is -0.142. The van der Waals surface area contributed by atoms with Crippen molar-refractivity contribution in [3.8, 4) is 10.6 Å². The SMILES string of the molecule is CCc1ccc(-c2cc(C(F)(F)F)n3ncc(C(=O)N[C@@H](C)[C@H]4C[C@@H]5CC[C@@H]4C5)c3n2)s1. The molecule has 2 aliphatic rings. The quantitative estimate of drug-likeness (QED) is 0.537. The lowest BCUT2D eigenvalue weighted by atomic mass is 9.84. The van der Waals surface area contributed by atoms with Crippen molar-refractivity contribution in [2.45, 2.75) is 58.2 Å². The average Bonchev–Trinajstić information content (AvgIpc) is 3.55. The van der Waals surface area contributed by atoms with E-state index in [1.54, 1.807) is 6.07 Å². The van der Waals surface area contributed by atoms with Crippen molar-refractivity contribution < 1.29 is 18.0 Å². The molecule has 5 nitrogen and oxygen atoms in total. The molecule has 3 heterocycles. The molecular weight excluding hydrogens is 437 g/mol. The molecule has 0 radical (unpaired) electrons. The highest BCUT2D eigenvalue weighted by atomic mass is 32.1. The Kier molecular flexibility index (Phi) is 5.27. The van der Waals surface area contributed by atoms with Crippen molar-refractivity contribution in [3.63, 3.8) is 0 Å². The van der Waals surface area contributed by atoms with Crippen molar-refractivity contribution in [1.29, 1.82) is 0 Å². The smallest absolute Gasteiger partial charge is 0.349 e. The maximum Gasteiger partial charge on any atom is 0.433 e. The average molecular weight is 463 g/mol. The van der Waals surface area contributed by atoms with E-state index in [0.29, 0.717) is 16.7 Å². The predicted molar refractivity (Wildman–Crippen MR) is 117 cm³/mol. The van der Waals surface area contributed by atoms with Crippen molar-refractivity contribution in [3.05, 3.63) is 40.5 Å². The molecule has 1 amide bonds. The van der Waals surface area contributed by atoms with E-state index in [2.05, 4.69) is 15.4 Å². The number of hydrogen-bond acceptors (Lipinski definition) is 4. The number of carbonyl (C=O) groups excluding carboxylic acids is 1. The zero-order valence-electron chi connectivity index (χ0n) is 17.9. The van der Waals surface area contributed by atoms with E-state index in [1.807, 2.05) is 19.9 Å². The summed E-state index contributed by atoms with van der Waals surface area (Å²) in [4.78, 5) is 19.2. The van der Waals surface area contributed by atoms with Gasteiger partial charge in [0.1, 0.15) is 5.56 Å². The van der Waals surface area contributed by atoms with Crippen molar-refractivity contribution in [2.24, 2.45) is 17.8 Å². The molecule has 0 saturated heterocycles. The Morgan fingerprint density at radius 3 is 2.75 bits per heavy atom. The van der Waals surface area contributed by atoms with Gasteiger partial charge in [-0.05, 0) is 68.6 Å². The van der Waals surface area contributed by atoms with E-state index in [4.69, 9.17) is 0 Å². The van der Waals surface area contributed by atoms with Crippen LogP contribution in [0.25, 0.3) is 16.2 Å². The van der Waals surface area contributed by atoms with Crippen molar-refractivity contribution in [2.75, 3.05) is 0 Å². The van der Waals surface area contributed by atoms with Crippen LogP contribution in [0.1, 0.15) is 60.5 Å². The first-order chi connectivity index (χ1) is 15.2. The van der Waals surface area contributed by atoms with Gasteiger partial charge in [0.2, 0.25) is 0 Å². The third-order valence-electron chi connectivity index (χ3n) is 7.06. The fourth-order valence-electron chi connectivity index (χ4n) is 5.45. The lowest BCUT2D eigenvalue weighted by Gasteiger charge is -2.28. The number of amides is 1. The lowest BCUT2D eigenvalue weighted by Crippen LogP contribution is -2.40. The molecule has 0 aromatic carbocycles. The summed E-state index contributed by atoms with van der Waals surface area (Å²) in [7, 11) is 0. The molecule has 0 spiro atoms. The van der Waals surface area contributed by atoms with Gasteiger partial charge in [-0.25, -0.2) is 9.50 Å². The van der Waals surface area contributed by atoms with Gasteiger partial charge in [-0.15, -0.1) is 11.3 Å². The van der Waals surface area contributed by atoms with Crippen LogP contribution in [0.15, 0.2) is 24.4 Å². The largest absolute Gasteiger partial charge is 0.433 e. The summed E-state index contributed by atoms with van der Waals surface area (Å²) in [5.41, 5.74) is -0.743. The number of hydrogen-bond donors (Lipinski definition) is 1. The number of nitrogens with one attached hydrogen (secondary N) is 1. The zero-order valence-corrected chi connectivity index (χ0v) is 18.8. The van der Waals surface area contributed by atoms with Crippen LogP contribution in [-0.2, 0) is 12.6 Å². The number of halogens is 3. The minimum Gasteiger partial charge on any atom is -0.349 e. The molecule has 2 aliphatic carbocycles. The van der Waals surface area contributed by atoms with Gasteiger partial charge < -0.3 is 5.32 Å². The number of rotatable bonds is 5. The number of carbonyl (C=O) groups is 1. The summed E-state index contributed by atoms with van der Waals surface area (Å²) < 4.78 is 42.2. The molecule has 32 heavy (non-hydrogen) atoms. The van der Waals surface area contributed by atoms with Gasteiger partial charge in [0, 0.05) is 10.9 Å². The van der Waals surface area contributed by atoms with E-state index in [9.17, 15) is 18.0 Å². The van der Waals surface area contributed by atoms with E-state index in [0.717, 1.165) is 34.2 Å². The Balaban J connectivity index is 1.50. The standard InChI is InChI=1S/C23H25F3N4OS/c1-3-15-6-7-19(32-15)18-10-20(23(24,25)26)30-21(29-18)17(11-27-30)22(31)28-12(2)16-9-13-4-5-14(16)8-13/h6-7,10-14,16H,3-5,8-9H2,1-2H3,(H,28,31)/t12-,13+,14+,16+/m0/s1. The van der Waals surface area contributed by atoms with Crippen LogP contribution < -0.4 is 5.32 Å². The molecule has 2 bridgehead atoms. The fraction of sp³-hybridized carbons (Fsp3) is 0.522. The first kappa shape index (κ1) is 21.4. The van der Waals surface area contributed by atoms with Crippen LogP contribution >= 0.6 is 11.3 Å². The number of aryl methyl sites for hydroxylation is 1. The highest BCUT2D eigenvalue weighted by Gasteiger charge is 2.42. The molecule has 2 fully saturated rings. The normalized spacial score (nSPS) is 23.7. The molecule has 0 unspecified atom stereocenters. The molecule has 4 atom stereocenters. The summed E-state index contributed by atoms with van der Waals surface area (Å²) in [6.45, 7) is 3.98. The highest BCUT2D eigenvalue weighted by molar-refractivity contribution is 7.15. The van der Waals surface area contributed by atoms with Gasteiger partial charge in [-0.3, -0.25) is 4.79 Å². The van der Waals surface area contributed by atoms with E-state index in [1.165, 1.54) is 36.8 Å². The zero-order chi connectivity index (χ0) is 22.6. The van der Waals surface area contributed by atoms with Gasteiger partial charge in [-0.1, -0.05) is 13.3 Å². The molecule has 5 rings (SSSR count). The van der Waals surface area contributed by atoms with Crippen LogP contribution in [-0.4, -0.2) is 26.5 Å². The summed E-state index contributed by atoms with van der Waals surface area (Å²) >= 11 is 1.40. The highest BCUT2D eigenvalue weighted by Crippen LogP contribution is 2.49. The second-order valence-electron chi connectivity index (χ2n) is 9.04. The minimum atomic E-state index is -4.63. The fourth-order valence-corrected chi connectivity index (χ4v) is 6.36. The summed E-state index contributed by atoms with van der Waals surface area (Å²) in [5.74, 6) is 1.38. The number of aromatic nitrogens is 3. The number of thiophene rings is 1. The first-order valence-corrected chi connectivity index (χ1v) is 11.9. The second-order valence-corrected chi connectivity index (χ2v) is 10.2. The molecular formula is C23H25F3N4OS. The Hall–Kier alpha value is -2.42. The van der Waals surface area contributed by atoms with E-state index in [-0.39, 0.29) is 22.9 Å². The van der Waals surface area contributed by atoms with Crippen LogP contribution in [0.4, 0.5) is 13.2 Å².